The quantitative estimate of drug-likeness (QED) is 0.742. The van der Waals surface area contributed by atoms with Crippen molar-refractivity contribution in [1.29, 1.82) is 0 Å². The molecule has 0 spiro atoms. The molecule has 28 heavy (non-hydrogen) atoms. The van der Waals surface area contributed by atoms with Crippen LogP contribution in [0.5, 0.6) is 0 Å². The molecule has 1 aliphatic heterocycles. The molecule has 1 heterocycles. The molecular weight excluding hydrogens is 426 g/mol. The average Bonchev–Trinajstić information content (AvgIpc) is 2.64. The summed E-state index contributed by atoms with van der Waals surface area (Å²) in [6, 6.07) is 7.88. The molecular formula is C20H28BrN3O4. The minimum Gasteiger partial charge on any atom is -0.444 e. The van der Waals surface area contributed by atoms with Gasteiger partial charge in [-0.3, -0.25) is 9.59 Å². The molecule has 0 atom stereocenters. The minimum absolute atomic E-state index is 0.0923. The number of amides is 3. The Morgan fingerprint density at radius 3 is 2.18 bits per heavy atom. The van der Waals surface area contributed by atoms with Crippen molar-refractivity contribution < 1.29 is 19.1 Å². The van der Waals surface area contributed by atoms with Gasteiger partial charge in [0.25, 0.3) is 0 Å². The molecule has 8 heteroatoms. The second-order valence-corrected chi connectivity index (χ2v) is 8.56. The molecule has 2 rings (SSSR count). The highest BCUT2D eigenvalue weighted by Crippen LogP contribution is 2.18. The van der Waals surface area contributed by atoms with Crippen LogP contribution in [-0.4, -0.2) is 66.0 Å². The average molecular weight is 454 g/mol. The van der Waals surface area contributed by atoms with Gasteiger partial charge in [-0.2, -0.15) is 0 Å². The van der Waals surface area contributed by atoms with Crippen molar-refractivity contribution >= 4 is 33.8 Å². The van der Waals surface area contributed by atoms with Crippen LogP contribution in [0.15, 0.2) is 28.7 Å². The number of ether oxygens (including phenoxy) is 1. The number of nitrogens with zero attached hydrogens (tertiary/aromatic N) is 2. The third-order valence-electron chi connectivity index (χ3n) is 4.33. The zero-order chi connectivity index (χ0) is 20.7. The van der Waals surface area contributed by atoms with Crippen molar-refractivity contribution in [3.05, 3.63) is 34.3 Å². The highest BCUT2D eigenvalue weighted by Gasteiger charge is 2.24. The molecule has 154 valence electrons. The molecule has 0 aromatic heterocycles. The van der Waals surface area contributed by atoms with Crippen LogP contribution in [0, 0.1) is 0 Å². The second-order valence-electron chi connectivity index (χ2n) is 7.71. The number of aryl methyl sites for hydroxylation is 1. The first-order valence-corrected chi connectivity index (χ1v) is 10.2. The van der Waals surface area contributed by atoms with Crippen LogP contribution in [0.2, 0.25) is 0 Å². The first-order chi connectivity index (χ1) is 13.2. The van der Waals surface area contributed by atoms with Gasteiger partial charge in [0.05, 0.1) is 0 Å². The van der Waals surface area contributed by atoms with Crippen LogP contribution in [0.25, 0.3) is 0 Å². The van der Waals surface area contributed by atoms with E-state index in [4.69, 9.17) is 4.74 Å². The number of benzene rings is 1. The van der Waals surface area contributed by atoms with E-state index in [-0.39, 0.29) is 18.4 Å². The van der Waals surface area contributed by atoms with Crippen LogP contribution in [-0.2, 0) is 20.7 Å². The van der Waals surface area contributed by atoms with Crippen LogP contribution in [0.3, 0.4) is 0 Å². The molecule has 1 N–H and O–H groups in total. The van der Waals surface area contributed by atoms with E-state index in [2.05, 4.69) is 21.2 Å². The Morgan fingerprint density at radius 2 is 1.61 bits per heavy atom. The number of halogens is 1. The molecule has 0 bridgehead atoms. The Labute approximate surface area is 174 Å². The lowest BCUT2D eigenvalue weighted by molar-refractivity contribution is -0.139. The molecule has 0 saturated carbocycles. The lowest BCUT2D eigenvalue weighted by atomic mass is 10.1. The first kappa shape index (κ1) is 22.2. The molecule has 1 fully saturated rings. The van der Waals surface area contributed by atoms with Gasteiger partial charge in [0.15, 0.2) is 0 Å². The number of rotatable bonds is 5. The van der Waals surface area contributed by atoms with E-state index in [9.17, 15) is 14.4 Å². The molecule has 1 aromatic carbocycles. The molecule has 0 radical (unpaired) electrons. The summed E-state index contributed by atoms with van der Waals surface area (Å²) in [7, 11) is 0. The number of piperazine rings is 1. The zero-order valence-electron chi connectivity index (χ0n) is 16.7. The van der Waals surface area contributed by atoms with Crippen molar-refractivity contribution in [1.82, 2.24) is 15.1 Å². The second kappa shape index (κ2) is 9.91. The van der Waals surface area contributed by atoms with Crippen LogP contribution < -0.4 is 5.32 Å². The maximum atomic E-state index is 12.4. The largest absolute Gasteiger partial charge is 0.444 e. The minimum atomic E-state index is -0.610. The molecule has 7 nitrogen and oxygen atoms in total. The van der Waals surface area contributed by atoms with Gasteiger partial charge in [-0.05, 0) is 38.8 Å². The summed E-state index contributed by atoms with van der Waals surface area (Å²) in [5.41, 5.74) is 0.506. The van der Waals surface area contributed by atoms with Gasteiger partial charge in [-0.1, -0.05) is 34.1 Å². The Bertz CT molecular complexity index is 710. The summed E-state index contributed by atoms with van der Waals surface area (Å²) >= 11 is 3.50. The standard InChI is InChI=1S/C20H28BrN3O4/c1-20(2,3)28-19(27)22-14-18(26)24-12-10-23(11-13-24)17(25)9-8-15-6-4-5-7-16(15)21/h4-7H,8-14H2,1-3H3,(H,22,27). The fraction of sp³-hybridized carbons (Fsp3) is 0.550. The predicted octanol–water partition coefficient (Wildman–Crippen LogP) is 2.58. The van der Waals surface area contributed by atoms with Gasteiger partial charge in [0.1, 0.15) is 12.1 Å². The van der Waals surface area contributed by atoms with E-state index >= 15 is 0 Å². The summed E-state index contributed by atoms with van der Waals surface area (Å²) in [6.45, 7) is 7.14. The number of hydrogen-bond acceptors (Lipinski definition) is 4. The van der Waals surface area contributed by atoms with Gasteiger partial charge in [-0.15, -0.1) is 0 Å². The predicted molar refractivity (Wildman–Crippen MR) is 110 cm³/mol. The third-order valence-corrected chi connectivity index (χ3v) is 5.11. The first-order valence-electron chi connectivity index (χ1n) is 9.41. The van der Waals surface area contributed by atoms with Crippen molar-refractivity contribution in [2.24, 2.45) is 0 Å². The zero-order valence-corrected chi connectivity index (χ0v) is 18.3. The number of nitrogens with one attached hydrogen (secondary N) is 1. The van der Waals surface area contributed by atoms with E-state index in [1.165, 1.54) is 0 Å². The van der Waals surface area contributed by atoms with E-state index in [0.29, 0.717) is 39.0 Å². The topological polar surface area (TPSA) is 79.0 Å². The van der Waals surface area contributed by atoms with E-state index in [1.54, 1.807) is 30.6 Å². The SMILES string of the molecule is CC(C)(C)OC(=O)NCC(=O)N1CCN(C(=O)CCc2ccccc2Br)CC1. The van der Waals surface area contributed by atoms with Crippen LogP contribution in [0.4, 0.5) is 4.79 Å². The highest BCUT2D eigenvalue weighted by atomic mass is 79.9. The van der Waals surface area contributed by atoms with Crippen LogP contribution in [0.1, 0.15) is 32.8 Å². The number of hydrogen-bond donors (Lipinski definition) is 1. The fourth-order valence-corrected chi connectivity index (χ4v) is 3.36. The number of alkyl carbamates (subject to hydrolysis) is 1. The van der Waals surface area contributed by atoms with Gasteiger partial charge < -0.3 is 19.9 Å². The normalized spacial score (nSPS) is 14.6. The lowest BCUT2D eigenvalue weighted by Crippen LogP contribution is -2.52. The summed E-state index contributed by atoms with van der Waals surface area (Å²) in [4.78, 5) is 39.8. The monoisotopic (exact) mass is 453 g/mol. The molecule has 1 aliphatic rings. The Kier molecular flexibility index (Phi) is 7.86. The number of carbonyl (C=O) groups is 3. The smallest absolute Gasteiger partial charge is 0.408 e. The van der Waals surface area contributed by atoms with Crippen molar-refractivity contribution in [2.45, 2.75) is 39.2 Å². The van der Waals surface area contributed by atoms with E-state index in [1.807, 2.05) is 24.3 Å². The summed E-state index contributed by atoms with van der Waals surface area (Å²) < 4.78 is 6.13. The number of carbonyl (C=O) groups excluding carboxylic acids is 3. The van der Waals surface area contributed by atoms with Gasteiger partial charge in [-0.25, -0.2) is 4.79 Å². The Balaban J connectivity index is 1.71. The molecule has 0 aliphatic carbocycles. The molecule has 0 unspecified atom stereocenters. The van der Waals surface area contributed by atoms with E-state index in [0.717, 1.165) is 10.0 Å². The van der Waals surface area contributed by atoms with Crippen molar-refractivity contribution in [3.8, 4) is 0 Å². The Hall–Kier alpha value is -2.09. The maximum Gasteiger partial charge on any atom is 0.408 e. The molecule has 3 amide bonds. The van der Waals surface area contributed by atoms with Crippen molar-refractivity contribution in [2.75, 3.05) is 32.7 Å². The lowest BCUT2D eigenvalue weighted by Gasteiger charge is -2.35. The van der Waals surface area contributed by atoms with Crippen LogP contribution >= 0.6 is 15.9 Å². The summed E-state index contributed by atoms with van der Waals surface area (Å²) in [5, 5.41) is 2.48. The van der Waals surface area contributed by atoms with E-state index < -0.39 is 11.7 Å². The maximum absolute atomic E-state index is 12.4. The molecule has 1 aromatic rings. The highest BCUT2D eigenvalue weighted by molar-refractivity contribution is 9.10. The van der Waals surface area contributed by atoms with Gasteiger partial charge in [0.2, 0.25) is 11.8 Å². The third kappa shape index (κ3) is 7.14. The van der Waals surface area contributed by atoms with Crippen molar-refractivity contribution in [3.63, 3.8) is 0 Å². The van der Waals surface area contributed by atoms with Gasteiger partial charge in [0, 0.05) is 37.1 Å². The summed E-state index contributed by atoms with van der Waals surface area (Å²) in [6.07, 6.45) is 0.511. The molecule has 1 saturated heterocycles. The fourth-order valence-electron chi connectivity index (χ4n) is 2.88. The van der Waals surface area contributed by atoms with Gasteiger partial charge >= 0.3 is 6.09 Å². The summed E-state index contributed by atoms with van der Waals surface area (Å²) in [5.74, 6) is -0.0825. The Morgan fingerprint density at radius 1 is 1.04 bits per heavy atom.